The van der Waals surface area contributed by atoms with E-state index in [0.717, 1.165) is 34.2 Å². The Hall–Kier alpha value is -3.84. The Morgan fingerprint density at radius 3 is 2.27 bits per heavy atom. The molecule has 0 saturated carbocycles. The van der Waals surface area contributed by atoms with Crippen LogP contribution in [0.25, 0.3) is 16.6 Å². The minimum atomic E-state index is -1.17. The van der Waals surface area contributed by atoms with Crippen molar-refractivity contribution in [1.29, 1.82) is 0 Å². The number of carbonyl (C=O) groups is 2. The van der Waals surface area contributed by atoms with Gasteiger partial charge in [-0.2, -0.15) is 8.75 Å². The van der Waals surface area contributed by atoms with E-state index in [1.165, 1.54) is 0 Å². The molecule has 1 aromatic heterocycles. The van der Waals surface area contributed by atoms with E-state index >= 15 is 0 Å². The summed E-state index contributed by atoms with van der Waals surface area (Å²) in [5, 5.41) is 10.2. The predicted molar refractivity (Wildman–Crippen MR) is 129 cm³/mol. The van der Waals surface area contributed by atoms with Gasteiger partial charge >= 0.3 is 5.97 Å². The Kier molecular flexibility index (Phi) is 6.33. The quantitative estimate of drug-likeness (QED) is 0.299. The van der Waals surface area contributed by atoms with Gasteiger partial charge in [0.2, 0.25) is 0 Å². The average Bonchev–Trinajstić information content (AvgIpc) is 3.27. The zero-order valence-electron chi connectivity index (χ0n) is 18.5. The highest BCUT2D eigenvalue weighted by molar-refractivity contribution is 7.00. The summed E-state index contributed by atoms with van der Waals surface area (Å²) in [4.78, 5) is 26.1. The molecule has 33 heavy (non-hydrogen) atoms. The highest BCUT2D eigenvalue weighted by Crippen LogP contribution is 2.29. The zero-order valence-corrected chi connectivity index (χ0v) is 19.3. The Labute approximate surface area is 195 Å². The lowest BCUT2D eigenvalue weighted by Gasteiger charge is -2.14. The summed E-state index contributed by atoms with van der Waals surface area (Å²) in [6.45, 7) is 3.85. The molecule has 166 valence electrons. The number of aliphatic carboxylic acids is 1. The van der Waals surface area contributed by atoms with Crippen LogP contribution < -0.4 is 4.74 Å². The highest BCUT2D eigenvalue weighted by atomic mass is 32.1. The van der Waals surface area contributed by atoms with Gasteiger partial charge in [-0.15, -0.1) is 0 Å². The molecule has 0 saturated heterocycles. The molecule has 0 aliphatic rings. The number of allylic oxidation sites excluding steroid dienone is 1. The number of carboxylic acid groups (broad SMARTS) is 1. The molecule has 0 fully saturated rings. The lowest BCUT2D eigenvalue weighted by atomic mass is 9.89. The second-order valence-electron chi connectivity index (χ2n) is 7.80. The highest BCUT2D eigenvalue weighted by Gasteiger charge is 2.24. The van der Waals surface area contributed by atoms with Gasteiger partial charge in [0.15, 0.2) is 5.78 Å². The van der Waals surface area contributed by atoms with Crippen LogP contribution in [0.1, 0.15) is 32.6 Å². The molecule has 4 aromatic rings. The summed E-state index contributed by atoms with van der Waals surface area (Å²) in [6, 6.07) is 17.8. The van der Waals surface area contributed by atoms with E-state index < -0.39 is 5.97 Å². The van der Waals surface area contributed by atoms with Crippen molar-refractivity contribution < 1.29 is 19.4 Å². The van der Waals surface area contributed by atoms with Crippen molar-refractivity contribution in [3.63, 3.8) is 0 Å². The third kappa shape index (κ3) is 4.68. The molecular formula is C26H22N2O4S. The Morgan fingerprint density at radius 1 is 0.909 bits per heavy atom. The van der Waals surface area contributed by atoms with Crippen LogP contribution in [0.5, 0.6) is 5.75 Å². The van der Waals surface area contributed by atoms with E-state index in [-0.39, 0.29) is 23.4 Å². The van der Waals surface area contributed by atoms with Gasteiger partial charge in [0.1, 0.15) is 16.8 Å². The van der Waals surface area contributed by atoms with Gasteiger partial charge in [-0.05, 0) is 48.7 Å². The number of rotatable bonds is 7. The average molecular weight is 459 g/mol. The van der Waals surface area contributed by atoms with Gasteiger partial charge in [-0.25, -0.2) is 4.79 Å². The van der Waals surface area contributed by atoms with Gasteiger partial charge in [0.05, 0.1) is 24.4 Å². The number of aryl methyl sites for hydroxylation is 2. The van der Waals surface area contributed by atoms with Gasteiger partial charge in [0, 0.05) is 17.6 Å². The van der Waals surface area contributed by atoms with Gasteiger partial charge < -0.3 is 9.84 Å². The summed E-state index contributed by atoms with van der Waals surface area (Å²) >= 11 is 1.06. The van der Waals surface area contributed by atoms with Gasteiger partial charge in [-0.1, -0.05) is 48.0 Å². The molecule has 3 aromatic carbocycles. The summed E-state index contributed by atoms with van der Waals surface area (Å²) in [5.41, 5.74) is 5.05. The Morgan fingerprint density at radius 2 is 1.61 bits per heavy atom. The molecule has 0 amide bonds. The lowest BCUT2D eigenvalue weighted by molar-refractivity contribution is -0.130. The van der Waals surface area contributed by atoms with Crippen LogP contribution in [0.3, 0.4) is 0 Å². The molecule has 0 atom stereocenters. The number of methoxy groups -OCH3 is 1. The van der Waals surface area contributed by atoms with Crippen LogP contribution in [0.15, 0.2) is 66.2 Å². The van der Waals surface area contributed by atoms with Crippen molar-refractivity contribution in [2.45, 2.75) is 20.3 Å². The molecule has 6 nitrogen and oxygen atoms in total. The number of hydrogen-bond donors (Lipinski definition) is 1. The molecule has 1 N–H and O–H groups in total. The SMILES string of the molecule is COc1ccc(C/C(C(=O)c2ccc(C)cc2)=C(\C(=O)O)c2ccc3nsnc3c2)cc1C. The van der Waals surface area contributed by atoms with Crippen molar-refractivity contribution in [1.82, 2.24) is 8.75 Å². The third-order valence-corrected chi connectivity index (χ3v) is 6.04. The van der Waals surface area contributed by atoms with Crippen molar-refractivity contribution in [2.75, 3.05) is 7.11 Å². The Bertz CT molecular complexity index is 1390. The first-order valence-corrected chi connectivity index (χ1v) is 11.0. The molecule has 0 unspecified atom stereocenters. The maximum Gasteiger partial charge on any atom is 0.336 e. The van der Waals surface area contributed by atoms with Crippen molar-refractivity contribution in [3.8, 4) is 5.75 Å². The summed E-state index contributed by atoms with van der Waals surface area (Å²) < 4.78 is 13.7. The molecule has 0 spiro atoms. The van der Waals surface area contributed by atoms with Crippen LogP contribution in [0.4, 0.5) is 0 Å². The number of ether oxygens (including phenoxy) is 1. The van der Waals surface area contributed by atoms with E-state index in [1.54, 1.807) is 37.4 Å². The minimum Gasteiger partial charge on any atom is -0.496 e. The number of nitrogens with zero attached hydrogens (tertiary/aromatic N) is 2. The number of benzene rings is 3. The fourth-order valence-corrected chi connectivity index (χ4v) is 4.30. The first-order chi connectivity index (χ1) is 15.9. The maximum atomic E-state index is 13.6. The van der Waals surface area contributed by atoms with E-state index in [4.69, 9.17) is 4.74 Å². The number of Topliss-reactive ketones (excluding diaryl/α,β-unsaturated/α-hetero) is 1. The minimum absolute atomic E-state index is 0.0380. The topological polar surface area (TPSA) is 89.4 Å². The molecule has 1 heterocycles. The molecule has 0 radical (unpaired) electrons. The predicted octanol–water partition coefficient (Wildman–Crippen LogP) is 5.28. The van der Waals surface area contributed by atoms with Crippen LogP contribution in [-0.2, 0) is 11.2 Å². The number of ketones is 1. The first-order valence-electron chi connectivity index (χ1n) is 10.3. The largest absolute Gasteiger partial charge is 0.496 e. The van der Waals surface area contributed by atoms with Gasteiger partial charge in [0.25, 0.3) is 0 Å². The number of aromatic nitrogens is 2. The van der Waals surface area contributed by atoms with E-state index in [0.29, 0.717) is 22.2 Å². The van der Waals surface area contributed by atoms with Crippen LogP contribution >= 0.6 is 11.7 Å². The monoisotopic (exact) mass is 458 g/mol. The normalized spacial score (nSPS) is 11.8. The molecule has 0 aliphatic heterocycles. The standard InChI is InChI=1S/C26H22N2O4S/c1-15-4-7-18(8-5-15)25(29)20(13-17-6-11-23(32-3)16(2)12-17)24(26(30)31)19-9-10-21-22(14-19)28-33-27-21/h4-12,14H,13H2,1-3H3,(H,30,31)/b24-20+. The second-order valence-corrected chi connectivity index (χ2v) is 8.33. The third-order valence-electron chi connectivity index (χ3n) is 5.49. The fraction of sp³-hybridized carbons (Fsp3) is 0.154. The summed E-state index contributed by atoms with van der Waals surface area (Å²) in [5.74, 6) is -0.760. The van der Waals surface area contributed by atoms with Crippen molar-refractivity contribution >= 4 is 40.1 Å². The van der Waals surface area contributed by atoms with Gasteiger partial charge in [-0.3, -0.25) is 4.79 Å². The molecular weight excluding hydrogens is 436 g/mol. The first kappa shape index (κ1) is 22.4. The number of fused-ring (bicyclic) bond motifs is 1. The number of hydrogen-bond acceptors (Lipinski definition) is 6. The molecule has 0 bridgehead atoms. The molecule has 7 heteroatoms. The van der Waals surface area contributed by atoms with E-state index in [1.807, 2.05) is 44.2 Å². The number of carboxylic acids is 1. The van der Waals surface area contributed by atoms with Crippen LogP contribution in [0.2, 0.25) is 0 Å². The summed E-state index contributed by atoms with van der Waals surface area (Å²) in [6.07, 6.45) is 0.159. The second kappa shape index (κ2) is 9.34. The van der Waals surface area contributed by atoms with E-state index in [2.05, 4.69) is 8.75 Å². The zero-order chi connectivity index (χ0) is 23.5. The van der Waals surface area contributed by atoms with Crippen LogP contribution in [-0.4, -0.2) is 32.7 Å². The Balaban J connectivity index is 1.90. The lowest BCUT2D eigenvalue weighted by Crippen LogP contribution is -2.14. The van der Waals surface area contributed by atoms with E-state index in [9.17, 15) is 14.7 Å². The summed E-state index contributed by atoms with van der Waals surface area (Å²) in [7, 11) is 1.60. The maximum absolute atomic E-state index is 13.6. The van der Waals surface area contributed by atoms with Crippen LogP contribution in [0, 0.1) is 13.8 Å². The van der Waals surface area contributed by atoms with Crippen molar-refractivity contribution in [3.05, 3.63) is 94.1 Å². The molecule has 4 rings (SSSR count). The molecule has 0 aliphatic carbocycles. The van der Waals surface area contributed by atoms with Crippen molar-refractivity contribution in [2.24, 2.45) is 0 Å². The number of carbonyl (C=O) groups excluding carboxylic acids is 1. The fourth-order valence-electron chi connectivity index (χ4n) is 3.78. The smallest absolute Gasteiger partial charge is 0.336 e.